The van der Waals surface area contributed by atoms with Crippen LogP contribution in [0.3, 0.4) is 0 Å². The summed E-state index contributed by atoms with van der Waals surface area (Å²) in [5, 5.41) is 21.4. The minimum absolute atomic E-state index is 0.0284. The van der Waals surface area contributed by atoms with Crippen molar-refractivity contribution in [3.63, 3.8) is 0 Å². The summed E-state index contributed by atoms with van der Waals surface area (Å²) >= 11 is 0.632. The summed E-state index contributed by atoms with van der Waals surface area (Å²) in [7, 11) is 0. The number of carbonyl (C=O) groups is 2. The number of alkyl halides is 3. The Hall–Kier alpha value is -4.34. The van der Waals surface area contributed by atoms with E-state index in [-0.39, 0.29) is 45.1 Å². The summed E-state index contributed by atoms with van der Waals surface area (Å²) in [6.07, 6.45) is -2.24. The molecule has 12 nitrogen and oxygen atoms in total. The van der Waals surface area contributed by atoms with Gasteiger partial charge in [-0.25, -0.2) is 4.98 Å². The van der Waals surface area contributed by atoms with E-state index >= 15 is 0 Å². The normalized spacial score (nSPS) is 11.7. The third kappa shape index (κ3) is 5.00. The zero-order chi connectivity index (χ0) is 27.1. The van der Waals surface area contributed by atoms with Gasteiger partial charge in [0.25, 0.3) is 5.91 Å². The standard InChI is InChI=1S/C21H19F3N8O4S/c1-3-31-10(2)12(9-26-31)11-8-13(21(22,23)24)27-20-16(11)17(18(37-20)19(25)34)28-15(33)5-7-30-6-4-14(29-30)32(35)36/h4,6,8-9H,3,5,7H2,1-2H3,(H2,25,34)(H,28,33). The number of amides is 2. The van der Waals surface area contributed by atoms with Crippen LogP contribution in [0.15, 0.2) is 24.5 Å². The predicted octanol–water partition coefficient (Wildman–Crippen LogP) is 3.74. The van der Waals surface area contributed by atoms with Crippen molar-refractivity contribution in [2.24, 2.45) is 5.73 Å². The number of aryl methyl sites for hydroxylation is 2. The number of hydrogen-bond acceptors (Lipinski definition) is 8. The van der Waals surface area contributed by atoms with Gasteiger partial charge in [-0.3, -0.25) is 14.3 Å². The van der Waals surface area contributed by atoms with Crippen molar-refractivity contribution in [1.82, 2.24) is 24.5 Å². The van der Waals surface area contributed by atoms with Crippen molar-refractivity contribution in [2.75, 3.05) is 5.32 Å². The van der Waals surface area contributed by atoms with E-state index in [9.17, 15) is 32.9 Å². The van der Waals surface area contributed by atoms with Crippen LogP contribution in [0.25, 0.3) is 21.3 Å². The molecule has 0 aromatic carbocycles. The van der Waals surface area contributed by atoms with E-state index in [2.05, 4.69) is 20.5 Å². The van der Waals surface area contributed by atoms with E-state index in [1.165, 1.54) is 23.1 Å². The highest BCUT2D eigenvalue weighted by atomic mass is 32.1. The average Bonchev–Trinajstić information content (AvgIpc) is 3.54. The minimum atomic E-state index is -4.77. The summed E-state index contributed by atoms with van der Waals surface area (Å²) in [4.78, 5) is 38.5. The van der Waals surface area contributed by atoms with Crippen LogP contribution in [0.5, 0.6) is 0 Å². The van der Waals surface area contributed by atoms with Gasteiger partial charge < -0.3 is 21.2 Å². The molecule has 0 unspecified atom stereocenters. The zero-order valence-corrected chi connectivity index (χ0v) is 20.2. The molecule has 0 fully saturated rings. The summed E-state index contributed by atoms with van der Waals surface area (Å²) < 4.78 is 43.8. The molecule has 16 heteroatoms. The van der Waals surface area contributed by atoms with Crippen LogP contribution < -0.4 is 11.1 Å². The lowest BCUT2D eigenvalue weighted by molar-refractivity contribution is -0.389. The summed E-state index contributed by atoms with van der Waals surface area (Å²) in [5.41, 5.74) is 5.28. The first-order valence-electron chi connectivity index (χ1n) is 10.8. The molecule has 0 bridgehead atoms. The quantitative estimate of drug-likeness (QED) is 0.256. The fourth-order valence-corrected chi connectivity index (χ4v) is 4.78. The van der Waals surface area contributed by atoms with Gasteiger partial charge in [0.05, 0.1) is 35.8 Å². The Morgan fingerprint density at radius 1 is 1.30 bits per heavy atom. The van der Waals surface area contributed by atoms with E-state index in [1.54, 1.807) is 11.6 Å². The lowest BCUT2D eigenvalue weighted by atomic mass is 10.0. The molecule has 37 heavy (non-hydrogen) atoms. The molecule has 0 atom stereocenters. The van der Waals surface area contributed by atoms with Crippen LogP contribution in [0.2, 0.25) is 0 Å². The monoisotopic (exact) mass is 536 g/mol. The first-order valence-corrected chi connectivity index (χ1v) is 11.6. The van der Waals surface area contributed by atoms with E-state index in [4.69, 9.17) is 5.73 Å². The fourth-order valence-electron chi connectivity index (χ4n) is 3.77. The second kappa shape index (κ2) is 9.61. The minimum Gasteiger partial charge on any atom is -0.365 e. The molecule has 0 saturated carbocycles. The number of hydrogen-bond donors (Lipinski definition) is 2. The highest BCUT2D eigenvalue weighted by molar-refractivity contribution is 7.21. The summed E-state index contributed by atoms with van der Waals surface area (Å²) in [6.45, 7) is 3.95. The van der Waals surface area contributed by atoms with Crippen LogP contribution in [0.1, 0.15) is 34.4 Å². The molecule has 0 saturated heterocycles. The van der Waals surface area contributed by atoms with E-state index < -0.39 is 28.6 Å². The van der Waals surface area contributed by atoms with Crippen molar-refractivity contribution < 1.29 is 27.7 Å². The van der Waals surface area contributed by atoms with E-state index in [1.807, 2.05) is 6.92 Å². The topological polar surface area (TPSA) is 164 Å². The Labute approximate surface area is 210 Å². The number of nitro groups is 1. The number of nitrogens with one attached hydrogen (secondary N) is 1. The van der Waals surface area contributed by atoms with Gasteiger partial charge in [0, 0.05) is 29.6 Å². The number of thiophene rings is 1. The van der Waals surface area contributed by atoms with E-state index in [0.29, 0.717) is 29.1 Å². The lowest BCUT2D eigenvalue weighted by Crippen LogP contribution is -2.18. The number of pyridine rings is 1. The highest BCUT2D eigenvalue weighted by Gasteiger charge is 2.35. The number of carbonyl (C=O) groups excluding carboxylic acids is 2. The van der Waals surface area contributed by atoms with Crippen molar-refractivity contribution in [1.29, 1.82) is 0 Å². The number of rotatable bonds is 8. The molecule has 4 heterocycles. The molecule has 0 aliphatic heterocycles. The maximum atomic E-state index is 13.7. The van der Waals surface area contributed by atoms with Crippen molar-refractivity contribution >= 4 is 44.9 Å². The number of aromatic nitrogens is 5. The Morgan fingerprint density at radius 2 is 2.03 bits per heavy atom. The van der Waals surface area contributed by atoms with Crippen LogP contribution in [0.4, 0.5) is 24.7 Å². The van der Waals surface area contributed by atoms with E-state index in [0.717, 1.165) is 6.07 Å². The van der Waals surface area contributed by atoms with Gasteiger partial charge in [-0.1, -0.05) is 0 Å². The second-order valence-corrected chi connectivity index (χ2v) is 8.85. The van der Waals surface area contributed by atoms with Gasteiger partial charge >= 0.3 is 12.0 Å². The molecule has 0 radical (unpaired) electrons. The van der Waals surface area contributed by atoms with Crippen LogP contribution in [-0.4, -0.2) is 41.3 Å². The first-order chi connectivity index (χ1) is 17.4. The maximum Gasteiger partial charge on any atom is 0.433 e. The number of nitrogens with two attached hydrogens (primary N) is 1. The predicted molar refractivity (Wildman–Crippen MR) is 127 cm³/mol. The van der Waals surface area contributed by atoms with Crippen molar-refractivity contribution in [2.45, 2.75) is 39.5 Å². The number of fused-ring (bicyclic) bond motifs is 1. The Morgan fingerprint density at radius 3 is 2.59 bits per heavy atom. The van der Waals surface area contributed by atoms with Crippen molar-refractivity contribution in [3.05, 3.63) is 50.9 Å². The Kier molecular flexibility index (Phi) is 6.68. The molecule has 4 aromatic rings. The Bertz CT molecular complexity index is 1540. The molecule has 194 valence electrons. The molecule has 0 spiro atoms. The highest BCUT2D eigenvalue weighted by Crippen LogP contribution is 2.44. The smallest absolute Gasteiger partial charge is 0.365 e. The largest absolute Gasteiger partial charge is 0.433 e. The third-order valence-electron chi connectivity index (χ3n) is 5.52. The second-order valence-electron chi connectivity index (χ2n) is 7.86. The van der Waals surface area contributed by atoms with Gasteiger partial charge in [-0.15, -0.1) is 11.3 Å². The van der Waals surface area contributed by atoms with Gasteiger partial charge in [0.2, 0.25) is 5.91 Å². The Balaban J connectivity index is 1.80. The number of anilines is 1. The zero-order valence-electron chi connectivity index (χ0n) is 19.4. The van der Waals surface area contributed by atoms with Crippen LogP contribution >= 0.6 is 11.3 Å². The molecule has 4 rings (SSSR count). The summed E-state index contributed by atoms with van der Waals surface area (Å²) in [6, 6.07) is 2.02. The lowest BCUT2D eigenvalue weighted by Gasteiger charge is -2.12. The molecular formula is C21H19F3N8O4S. The van der Waals surface area contributed by atoms with Crippen molar-refractivity contribution in [3.8, 4) is 11.1 Å². The maximum absolute atomic E-state index is 13.7. The van der Waals surface area contributed by atoms with Crippen LogP contribution in [0, 0.1) is 17.0 Å². The summed E-state index contributed by atoms with van der Waals surface area (Å²) in [5.74, 6) is -1.96. The van der Waals surface area contributed by atoms with Gasteiger partial charge in [0.15, 0.2) is 0 Å². The first kappa shape index (κ1) is 25.7. The third-order valence-corrected chi connectivity index (χ3v) is 6.61. The molecular weight excluding hydrogens is 517 g/mol. The molecule has 0 aliphatic carbocycles. The van der Waals surface area contributed by atoms with Gasteiger partial charge in [-0.2, -0.15) is 23.0 Å². The number of nitrogens with zero attached hydrogens (tertiary/aromatic N) is 6. The average molecular weight is 536 g/mol. The molecule has 2 amide bonds. The van der Waals surface area contributed by atoms with Gasteiger partial charge in [0.1, 0.15) is 15.4 Å². The number of halogens is 3. The molecule has 3 N–H and O–H groups in total. The SMILES string of the molecule is CCn1ncc(-c2cc(C(F)(F)F)nc3sc(C(N)=O)c(NC(=O)CCn4ccc([N+](=O)[O-])n4)c23)c1C. The van der Waals surface area contributed by atoms with Crippen LogP contribution in [-0.2, 0) is 24.1 Å². The molecule has 0 aliphatic rings. The number of primary amides is 1. The van der Waals surface area contributed by atoms with Gasteiger partial charge in [-0.05, 0) is 30.4 Å². The molecule has 4 aromatic heterocycles. The fraction of sp³-hybridized carbons (Fsp3) is 0.286.